The van der Waals surface area contributed by atoms with E-state index in [2.05, 4.69) is 43.8 Å². The summed E-state index contributed by atoms with van der Waals surface area (Å²) in [7, 11) is -2.12. The number of ketones is 2. The first-order valence-electron chi connectivity index (χ1n) is 20.9. The molecule has 0 radical (unpaired) electrons. The normalized spacial score (nSPS) is 18.9. The number of nitrogens with zero attached hydrogens (tertiary/aromatic N) is 2. The lowest BCUT2D eigenvalue weighted by molar-refractivity contribution is 0.0730. The van der Waals surface area contributed by atoms with E-state index in [-0.39, 0.29) is 61.3 Å². The smallest absolute Gasteiger partial charge is 0.410 e. The van der Waals surface area contributed by atoms with Crippen molar-refractivity contribution in [3.05, 3.63) is 143 Å². The monoisotopic (exact) mass is 878 g/mol. The van der Waals surface area contributed by atoms with Crippen molar-refractivity contribution in [2.45, 2.75) is 89.3 Å². The molecule has 330 valence electrons. The predicted octanol–water partition coefficient (Wildman–Crippen LogP) is 9.55. The van der Waals surface area contributed by atoms with Gasteiger partial charge in [0.05, 0.1) is 18.8 Å². The van der Waals surface area contributed by atoms with Crippen molar-refractivity contribution in [1.29, 1.82) is 0 Å². The Morgan fingerprint density at radius 3 is 1.59 bits per heavy atom. The van der Waals surface area contributed by atoms with Gasteiger partial charge in [-0.1, -0.05) is 81.4 Å². The molecule has 0 unspecified atom stereocenters. The zero-order chi connectivity index (χ0) is 45.1. The Balaban J connectivity index is 0.000000193. The zero-order valence-corrected chi connectivity index (χ0v) is 36.9. The Labute approximate surface area is 365 Å². The zero-order valence-electron chi connectivity index (χ0n) is 35.9. The molecule has 12 nitrogen and oxygen atoms in total. The largest absolute Gasteiger partial charge is 0.445 e. The van der Waals surface area contributed by atoms with Crippen LogP contribution in [0.15, 0.2) is 109 Å². The Kier molecular flexibility index (Phi) is 13.3. The lowest BCUT2D eigenvalue weighted by Gasteiger charge is -2.38. The Hall–Kier alpha value is -6.16. The van der Waals surface area contributed by atoms with Crippen LogP contribution in [0, 0.1) is 11.6 Å². The molecule has 8 rings (SSSR count). The molecule has 0 spiro atoms. The van der Waals surface area contributed by atoms with Crippen LogP contribution in [0.1, 0.15) is 65.5 Å². The summed E-state index contributed by atoms with van der Waals surface area (Å²) in [5, 5.41) is 11.2. The van der Waals surface area contributed by atoms with Crippen molar-refractivity contribution < 1.29 is 47.0 Å². The number of benzene rings is 4. The van der Waals surface area contributed by atoms with Crippen LogP contribution in [-0.4, -0.2) is 94.3 Å². The molecule has 3 N–H and O–H groups in total. The first kappa shape index (κ1) is 44.9. The highest BCUT2D eigenvalue weighted by atomic mass is 28.4. The summed E-state index contributed by atoms with van der Waals surface area (Å²) in [4.78, 5) is 61.1. The number of carbonyl (C=O) groups is 4. The molecule has 0 aliphatic carbocycles. The summed E-state index contributed by atoms with van der Waals surface area (Å²) in [5.74, 6) is -1.31. The van der Waals surface area contributed by atoms with Crippen LogP contribution >= 0.6 is 0 Å². The summed E-state index contributed by atoms with van der Waals surface area (Å²) in [6.45, 7) is 11.3. The molecule has 2 saturated heterocycles. The second-order valence-electron chi connectivity index (χ2n) is 17.6. The van der Waals surface area contributed by atoms with E-state index >= 15 is 0 Å². The van der Waals surface area contributed by atoms with Crippen LogP contribution in [0.3, 0.4) is 0 Å². The maximum atomic E-state index is 13.7. The number of aliphatic hydroxyl groups is 1. The highest BCUT2D eigenvalue weighted by molar-refractivity contribution is 6.74. The van der Waals surface area contributed by atoms with Gasteiger partial charge in [0.2, 0.25) is 0 Å². The van der Waals surface area contributed by atoms with E-state index in [1.165, 1.54) is 46.3 Å². The fourth-order valence-corrected chi connectivity index (χ4v) is 9.12. The second kappa shape index (κ2) is 18.7. The number of carbonyl (C=O) groups excluding carboxylic acids is 4. The minimum Gasteiger partial charge on any atom is -0.445 e. The number of likely N-dealkylation sites (tertiary alicyclic amines) is 2. The molecule has 15 heteroatoms. The van der Waals surface area contributed by atoms with E-state index in [9.17, 15) is 33.1 Å². The van der Waals surface area contributed by atoms with Crippen LogP contribution in [0.5, 0.6) is 0 Å². The predicted molar refractivity (Wildman–Crippen MR) is 237 cm³/mol. The topological polar surface area (TPSA) is 154 Å². The van der Waals surface area contributed by atoms with Gasteiger partial charge >= 0.3 is 12.2 Å². The lowest BCUT2D eigenvalue weighted by atomic mass is 10.0. The first-order chi connectivity index (χ1) is 30.0. The van der Waals surface area contributed by atoms with Crippen LogP contribution in [0.25, 0.3) is 21.8 Å². The average Bonchev–Trinajstić information content (AvgIpc) is 4.07. The minimum absolute atomic E-state index is 0.00530. The fourth-order valence-electron chi connectivity index (χ4n) is 7.76. The highest BCUT2D eigenvalue weighted by Gasteiger charge is 2.46. The molecule has 2 aromatic heterocycles. The molecule has 4 aromatic carbocycles. The number of fused-ring (bicyclic) bond motifs is 2. The van der Waals surface area contributed by atoms with Gasteiger partial charge < -0.3 is 29.0 Å². The molecule has 2 aliphatic heterocycles. The Morgan fingerprint density at radius 2 is 1.13 bits per heavy atom. The van der Waals surface area contributed by atoms with Crippen LogP contribution in [0.4, 0.5) is 18.4 Å². The van der Waals surface area contributed by atoms with Gasteiger partial charge in [-0.15, -0.1) is 0 Å². The van der Waals surface area contributed by atoms with Crippen molar-refractivity contribution >= 4 is 53.9 Å². The summed E-state index contributed by atoms with van der Waals surface area (Å²) in [6, 6.07) is 25.5. The molecule has 2 fully saturated rings. The van der Waals surface area contributed by atoms with Crippen molar-refractivity contribution in [3.63, 3.8) is 0 Å². The third kappa shape index (κ3) is 10.2. The van der Waals surface area contributed by atoms with Crippen LogP contribution < -0.4 is 0 Å². The van der Waals surface area contributed by atoms with Gasteiger partial charge in [0.1, 0.15) is 36.9 Å². The number of aliphatic hydroxyl groups excluding tert-OH is 1. The van der Waals surface area contributed by atoms with Crippen molar-refractivity contribution in [2.24, 2.45) is 0 Å². The van der Waals surface area contributed by atoms with E-state index in [0.717, 1.165) is 11.1 Å². The number of hydrogen-bond acceptors (Lipinski definition) is 8. The molecule has 6 aromatic rings. The molecular formula is C48H52F2N4O8Si. The molecule has 2 aliphatic rings. The third-order valence-electron chi connectivity index (χ3n) is 12.1. The highest BCUT2D eigenvalue weighted by Crippen LogP contribution is 2.39. The molecule has 0 bridgehead atoms. The van der Waals surface area contributed by atoms with Crippen molar-refractivity contribution in [2.75, 3.05) is 13.1 Å². The maximum Gasteiger partial charge on any atom is 0.410 e. The molecule has 0 saturated carbocycles. The van der Waals surface area contributed by atoms with E-state index in [0.29, 0.717) is 39.4 Å². The average molecular weight is 879 g/mol. The van der Waals surface area contributed by atoms with Gasteiger partial charge in [-0.25, -0.2) is 18.4 Å². The molecule has 4 atom stereocenters. The summed E-state index contributed by atoms with van der Waals surface area (Å²) in [6.07, 6.45) is 1.35. The molecule has 4 heterocycles. The summed E-state index contributed by atoms with van der Waals surface area (Å²) >= 11 is 0. The van der Waals surface area contributed by atoms with E-state index in [1.807, 2.05) is 60.7 Å². The summed E-state index contributed by atoms with van der Waals surface area (Å²) in [5.41, 5.74) is 3.53. The third-order valence-corrected chi connectivity index (χ3v) is 16.6. The minimum atomic E-state index is -2.12. The number of aromatic amines is 2. The maximum absolute atomic E-state index is 13.7. The van der Waals surface area contributed by atoms with Crippen molar-refractivity contribution in [3.8, 4) is 0 Å². The van der Waals surface area contributed by atoms with Gasteiger partial charge in [-0.05, 0) is 65.7 Å². The van der Waals surface area contributed by atoms with E-state index in [4.69, 9.17) is 13.9 Å². The number of H-pyrrole nitrogens is 2. The lowest BCUT2D eigenvalue weighted by Crippen LogP contribution is -2.45. The summed E-state index contributed by atoms with van der Waals surface area (Å²) < 4.78 is 44.5. The van der Waals surface area contributed by atoms with E-state index in [1.54, 1.807) is 12.3 Å². The quantitative estimate of drug-likeness (QED) is 0.0909. The van der Waals surface area contributed by atoms with Gasteiger partial charge in [0.15, 0.2) is 19.9 Å². The number of Topliss-reactive ketones (excluding diaryl/α,β-unsaturated/α-hetero) is 2. The second-order valence-corrected chi connectivity index (χ2v) is 22.3. The SMILES string of the molecule is CC(C)(C)[Si](C)(C)O[C@@H]1C[C@@H](C(=O)c2c[nH]c3cc(F)ccc23)N(C(=O)OCc2ccccc2)C1.O=C(c1c[nH]c2cc(F)ccc12)[C@@H]1C[C@@H](O)CN1C(=O)OCc1ccccc1. The Morgan fingerprint density at radius 1 is 0.683 bits per heavy atom. The number of hydrogen-bond donors (Lipinski definition) is 3. The van der Waals surface area contributed by atoms with Gasteiger partial charge in [0, 0.05) is 64.7 Å². The Bertz CT molecular complexity index is 2590. The van der Waals surface area contributed by atoms with Gasteiger partial charge in [-0.3, -0.25) is 19.4 Å². The van der Waals surface area contributed by atoms with Crippen molar-refractivity contribution in [1.82, 2.24) is 19.8 Å². The standard InChI is InChI=1S/C27H33FN2O4Si.C21H19FN2O4/c1-27(2,3)35(4,5)34-20-14-24(25(31)22-15-29-23-13-19(28)11-12-21(22)23)30(16-20)26(32)33-17-18-9-7-6-8-10-18;22-14-6-7-16-17(10-23-18(16)8-14)20(26)19-9-15(25)11-24(19)21(27)28-12-13-4-2-1-3-5-13/h6-13,15,20,24,29H,14,16-17H2,1-5H3;1-8,10,15,19,23,25H,9,11-12H2/t20-,24+;15-,19+/m11/s1. The number of β-amino-alcohol motifs (C(OH)–C–C–N with tert-alkyl or cyclic N) is 1. The fraction of sp³-hybridized carbons (Fsp3) is 0.333. The van der Waals surface area contributed by atoms with Gasteiger partial charge in [0.25, 0.3) is 0 Å². The molecule has 63 heavy (non-hydrogen) atoms. The van der Waals surface area contributed by atoms with E-state index < -0.39 is 44.5 Å². The molecule has 2 amide bonds. The van der Waals surface area contributed by atoms with Crippen LogP contribution in [-0.2, 0) is 27.1 Å². The number of ether oxygens (including phenoxy) is 2. The molecular weight excluding hydrogens is 827 g/mol. The first-order valence-corrected chi connectivity index (χ1v) is 23.8. The number of nitrogens with one attached hydrogen (secondary N) is 2. The number of rotatable bonds is 10. The number of aromatic nitrogens is 2. The van der Waals surface area contributed by atoms with Crippen LogP contribution in [0.2, 0.25) is 18.1 Å². The number of amides is 2. The van der Waals surface area contributed by atoms with Gasteiger partial charge in [-0.2, -0.15) is 0 Å². The number of halogens is 2.